The molecule has 0 N–H and O–H groups in total. The zero-order chi connectivity index (χ0) is 14.4. The normalized spacial score (nSPS) is 19.9. The average molecular weight is 305 g/mol. The number of halogens is 1. The highest BCUT2D eigenvalue weighted by Gasteiger charge is 2.54. The lowest BCUT2D eigenvalue weighted by atomic mass is 10.0. The van der Waals surface area contributed by atoms with Crippen molar-refractivity contribution in [2.24, 2.45) is 11.3 Å². The molecule has 0 spiro atoms. The molecular formula is C17H21ClN2O. The minimum absolute atomic E-state index is 0.459. The Kier molecular flexibility index (Phi) is 3.14. The summed E-state index contributed by atoms with van der Waals surface area (Å²) in [7, 11) is 0. The highest BCUT2D eigenvalue weighted by Crippen LogP contribution is 2.62. The molecule has 0 bridgehead atoms. The van der Waals surface area contributed by atoms with Crippen molar-refractivity contribution in [3.05, 3.63) is 24.0 Å². The van der Waals surface area contributed by atoms with Crippen molar-refractivity contribution in [2.45, 2.75) is 45.0 Å². The second kappa shape index (κ2) is 4.91. The Bertz CT molecular complexity index is 671. The van der Waals surface area contributed by atoms with Crippen LogP contribution in [-0.2, 0) is 12.4 Å². The third-order valence-corrected chi connectivity index (χ3v) is 5.29. The van der Waals surface area contributed by atoms with Gasteiger partial charge in [0.2, 0.25) is 0 Å². The Morgan fingerprint density at radius 3 is 2.81 bits per heavy atom. The largest absolute Gasteiger partial charge is 0.492 e. The van der Waals surface area contributed by atoms with Crippen molar-refractivity contribution in [2.75, 3.05) is 6.61 Å². The average Bonchev–Trinajstić information content (AvgIpc) is 3.38. The Morgan fingerprint density at radius 1 is 1.38 bits per heavy atom. The molecule has 2 saturated carbocycles. The van der Waals surface area contributed by atoms with Crippen LogP contribution in [0, 0.1) is 11.3 Å². The molecule has 0 saturated heterocycles. The van der Waals surface area contributed by atoms with Crippen molar-refractivity contribution >= 4 is 22.6 Å². The monoisotopic (exact) mass is 304 g/mol. The summed E-state index contributed by atoms with van der Waals surface area (Å²) in [5, 5.41) is 0. The van der Waals surface area contributed by atoms with Gasteiger partial charge in [-0.05, 0) is 56.1 Å². The fraction of sp³-hybridized carbons (Fsp3) is 0.588. The minimum Gasteiger partial charge on any atom is -0.492 e. The van der Waals surface area contributed by atoms with Gasteiger partial charge in [0, 0.05) is 6.54 Å². The summed E-state index contributed by atoms with van der Waals surface area (Å²) in [6.07, 6.45) is 5.55. The third-order valence-electron chi connectivity index (χ3n) is 5.05. The van der Waals surface area contributed by atoms with Gasteiger partial charge in [-0.2, -0.15) is 0 Å². The van der Waals surface area contributed by atoms with E-state index in [4.69, 9.17) is 21.3 Å². The van der Waals surface area contributed by atoms with E-state index in [1.54, 1.807) is 0 Å². The number of nitrogens with zero attached hydrogens (tertiary/aromatic N) is 2. The standard InChI is InChI=1S/C17H21ClN2O/c1-2-21-14-5-3-4-13-16(14)19-15(10-18)20(13)11-17(8-9-17)12-6-7-12/h3-5,12H,2,6-11H2,1H3. The summed E-state index contributed by atoms with van der Waals surface area (Å²) < 4.78 is 8.06. The highest BCUT2D eigenvalue weighted by molar-refractivity contribution is 6.16. The molecule has 1 aromatic carbocycles. The van der Waals surface area contributed by atoms with E-state index in [9.17, 15) is 0 Å². The Morgan fingerprint density at radius 2 is 2.19 bits per heavy atom. The zero-order valence-electron chi connectivity index (χ0n) is 12.4. The number of fused-ring (bicyclic) bond motifs is 1. The van der Waals surface area contributed by atoms with Crippen LogP contribution in [0.1, 0.15) is 38.4 Å². The molecule has 4 heteroatoms. The molecule has 4 rings (SSSR count). The van der Waals surface area contributed by atoms with Crippen molar-refractivity contribution in [3.8, 4) is 5.75 Å². The molecule has 0 unspecified atom stereocenters. The van der Waals surface area contributed by atoms with Crippen LogP contribution in [0.2, 0.25) is 0 Å². The predicted molar refractivity (Wildman–Crippen MR) is 84.9 cm³/mol. The van der Waals surface area contributed by atoms with E-state index >= 15 is 0 Å². The lowest BCUT2D eigenvalue weighted by molar-refractivity contribution is 0.343. The summed E-state index contributed by atoms with van der Waals surface area (Å²) >= 11 is 6.15. The van der Waals surface area contributed by atoms with Crippen LogP contribution in [0.4, 0.5) is 0 Å². The number of rotatable bonds is 6. The van der Waals surface area contributed by atoms with Gasteiger partial charge in [-0.25, -0.2) is 4.98 Å². The van der Waals surface area contributed by atoms with E-state index in [-0.39, 0.29) is 0 Å². The topological polar surface area (TPSA) is 27.1 Å². The van der Waals surface area contributed by atoms with E-state index in [2.05, 4.69) is 16.7 Å². The summed E-state index contributed by atoms with van der Waals surface area (Å²) in [6.45, 7) is 3.74. The first-order valence-electron chi connectivity index (χ1n) is 7.94. The van der Waals surface area contributed by atoms with Gasteiger partial charge in [0.15, 0.2) is 0 Å². The first kappa shape index (κ1) is 13.4. The molecule has 112 valence electrons. The molecule has 2 aromatic rings. The maximum absolute atomic E-state index is 6.15. The van der Waals surface area contributed by atoms with Gasteiger partial charge in [0.05, 0.1) is 18.0 Å². The highest BCUT2D eigenvalue weighted by atomic mass is 35.5. The molecule has 0 radical (unpaired) electrons. The smallest absolute Gasteiger partial charge is 0.147 e. The summed E-state index contributed by atoms with van der Waals surface area (Å²) in [4.78, 5) is 4.75. The number of para-hydroxylation sites is 1. The van der Waals surface area contributed by atoms with E-state index in [1.165, 1.54) is 31.2 Å². The van der Waals surface area contributed by atoms with Crippen LogP contribution in [-0.4, -0.2) is 16.2 Å². The number of benzene rings is 1. The molecule has 21 heavy (non-hydrogen) atoms. The molecule has 0 atom stereocenters. The maximum atomic E-state index is 6.15. The maximum Gasteiger partial charge on any atom is 0.147 e. The number of alkyl halides is 1. The minimum atomic E-state index is 0.459. The summed E-state index contributed by atoms with van der Waals surface area (Å²) in [5.74, 6) is 3.25. The van der Waals surface area contributed by atoms with E-state index in [1.807, 2.05) is 13.0 Å². The van der Waals surface area contributed by atoms with Crippen molar-refractivity contribution < 1.29 is 4.74 Å². The second-order valence-corrected chi connectivity index (χ2v) is 6.71. The SMILES string of the molecule is CCOc1cccc2c1nc(CCl)n2CC1(C2CC2)CC1. The van der Waals surface area contributed by atoms with Crippen LogP contribution in [0.25, 0.3) is 11.0 Å². The van der Waals surface area contributed by atoms with Gasteiger partial charge in [0.1, 0.15) is 17.1 Å². The van der Waals surface area contributed by atoms with Gasteiger partial charge in [-0.15, -0.1) is 11.6 Å². The van der Waals surface area contributed by atoms with Crippen LogP contribution >= 0.6 is 11.6 Å². The van der Waals surface area contributed by atoms with Crippen LogP contribution in [0.3, 0.4) is 0 Å². The van der Waals surface area contributed by atoms with Crippen molar-refractivity contribution in [3.63, 3.8) is 0 Å². The number of hydrogen-bond donors (Lipinski definition) is 0. The molecule has 1 heterocycles. The number of imidazole rings is 1. The van der Waals surface area contributed by atoms with Crippen LogP contribution in [0.15, 0.2) is 18.2 Å². The van der Waals surface area contributed by atoms with E-state index in [0.29, 0.717) is 17.9 Å². The van der Waals surface area contributed by atoms with Crippen molar-refractivity contribution in [1.82, 2.24) is 9.55 Å². The fourth-order valence-corrected chi connectivity index (χ4v) is 3.79. The molecule has 0 amide bonds. The lowest BCUT2D eigenvalue weighted by Gasteiger charge is -2.17. The Balaban J connectivity index is 1.77. The fourth-order valence-electron chi connectivity index (χ4n) is 3.59. The predicted octanol–water partition coefficient (Wildman–Crippen LogP) is 4.36. The first-order chi connectivity index (χ1) is 10.3. The molecule has 1 aromatic heterocycles. The molecule has 2 aliphatic rings. The van der Waals surface area contributed by atoms with Gasteiger partial charge >= 0.3 is 0 Å². The van der Waals surface area contributed by atoms with Crippen LogP contribution < -0.4 is 4.74 Å². The Labute approximate surface area is 130 Å². The number of hydrogen-bond acceptors (Lipinski definition) is 2. The quantitative estimate of drug-likeness (QED) is 0.741. The summed E-state index contributed by atoms with van der Waals surface area (Å²) in [5.41, 5.74) is 2.67. The molecule has 2 aliphatic carbocycles. The van der Waals surface area contributed by atoms with Gasteiger partial charge < -0.3 is 9.30 Å². The first-order valence-corrected chi connectivity index (χ1v) is 8.48. The van der Waals surface area contributed by atoms with E-state index < -0.39 is 0 Å². The van der Waals surface area contributed by atoms with Crippen LogP contribution in [0.5, 0.6) is 5.75 Å². The lowest BCUT2D eigenvalue weighted by Crippen LogP contribution is -2.15. The number of ether oxygens (including phenoxy) is 1. The zero-order valence-corrected chi connectivity index (χ0v) is 13.2. The Hall–Kier alpha value is -1.22. The third kappa shape index (κ3) is 2.22. The summed E-state index contributed by atoms with van der Waals surface area (Å²) in [6, 6.07) is 6.19. The van der Waals surface area contributed by atoms with E-state index in [0.717, 1.165) is 29.6 Å². The molecule has 3 nitrogen and oxygen atoms in total. The van der Waals surface area contributed by atoms with Gasteiger partial charge in [-0.1, -0.05) is 6.07 Å². The van der Waals surface area contributed by atoms with Gasteiger partial charge in [0.25, 0.3) is 0 Å². The number of aromatic nitrogens is 2. The van der Waals surface area contributed by atoms with Gasteiger partial charge in [-0.3, -0.25) is 0 Å². The second-order valence-electron chi connectivity index (χ2n) is 6.44. The molecule has 0 aliphatic heterocycles. The molecule has 2 fully saturated rings. The van der Waals surface area contributed by atoms with Crippen molar-refractivity contribution in [1.29, 1.82) is 0 Å². The molecular weight excluding hydrogens is 284 g/mol.